The number of pyridine rings is 1. The molecular formula is C26H32ClFN4O2. The van der Waals surface area contributed by atoms with Crippen molar-refractivity contribution in [1.82, 2.24) is 10.3 Å². The van der Waals surface area contributed by atoms with E-state index >= 15 is 0 Å². The molecule has 2 unspecified atom stereocenters. The summed E-state index contributed by atoms with van der Waals surface area (Å²) in [4.78, 5) is 29.5. The van der Waals surface area contributed by atoms with E-state index in [9.17, 15) is 14.0 Å². The fourth-order valence-electron chi connectivity index (χ4n) is 5.45. The Bertz CT molecular complexity index is 998. The Kier molecular flexibility index (Phi) is 8.16. The molecule has 2 aliphatic rings. The molecule has 4 N–H and O–H groups in total. The maximum Gasteiger partial charge on any atom is 0.227 e. The molecule has 0 spiro atoms. The van der Waals surface area contributed by atoms with Crippen LogP contribution in [-0.4, -0.2) is 29.4 Å². The summed E-state index contributed by atoms with van der Waals surface area (Å²) in [5.74, 6) is -0.270. The molecule has 2 aliphatic carbocycles. The SMILES string of the molecule is N[C@H](CNC(=O)C1CCCC1c1ccc(F)cc1Cl)C1CCC(C(=O)Nc2ccncc2)CC1. The molecule has 8 heteroatoms. The lowest BCUT2D eigenvalue weighted by Crippen LogP contribution is -2.45. The molecule has 6 nitrogen and oxygen atoms in total. The van der Waals surface area contributed by atoms with E-state index in [1.165, 1.54) is 12.1 Å². The second-order valence-corrected chi connectivity index (χ2v) is 9.96. The third-order valence-corrected chi connectivity index (χ3v) is 7.75. The van der Waals surface area contributed by atoms with Crippen molar-refractivity contribution in [3.8, 4) is 0 Å². The van der Waals surface area contributed by atoms with Gasteiger partial charge in [-0.25, -0.2) is 4.39 Å². The maximum atomic E-state index is 13.4. The standard InChI is InChI=1S/C26H32ClFN4O2/c27-23-14-18(28)8-9-21(23)20-2-1-3-22(20)26(34)31-15-24(29)16-4-6-17(7-5-16)25(33)32-19-10-12-30-13-11-19/h8-14,16-17,20,22,24H,1-7,15,29H2,(H,31,34)(H,30,32,33)/t16?,17?,20?,22?,24-/m1/s1. The van der Waals surface area contributed by atoms with Crippen LogP contribution in [0.25, 0.3) is 0 Å². The number of carbonyl (C=O) groups excluding carboxylic acids is 2. The molecular weight excluding hydrogens is 455 g/mol. The van der Waals surface area contributed by atoms with Crippen LogP contribution in [-0.2, 0) is 9.59 Å². The van der Waals surface area contributed by atoms with E-state index in [4.69, 9.17) is 17.3 Å². The number of amides is 2. The number of nitrogens with zero attached hydrogens (tertiary/aromatic N) is 1. The van der Waals surface area contributed by atoms with Crippen LogP contribution in [0, 0.1) is 23.6 Å². The zero-order valence-electron chi connectivity index (χ0n) is 19.2. The third kappa shape index (κ3) is 5.94. The lowest BCUT2D eigenvalue weighted by molar-refractivity contribution is -0.125. The first-order valence-corrected chi connectivity index (χ1v) is 12.5. The number of halogens is 2. The van der Waals surface area contributed by atoms with Crippen molar-refractivity contribution in [2.24, 2.45) is 23.5 Å². The van der Waals surface area contributed by atoms with Crippen LogP contribution in [0.3, 0.4) is 0 Å². The normalized spacial score (nSPS) is 25.5. The Balaban J connectivity index is 1.24. The summed E-state index contributed by atoms with van der Waals surface area (Å²) in [5.41, 5.74) is 8.04. The third-order valence-electron chi connectivity index (χ3n) is 7.42. The smallest absolute Gasteiger partial charge is 0.227 e. The quantitative estimate of drug-likeness (QED) is 0.530. The predicted octanol–water partition coefficient (Wildman–Crippen LogP) is 4.65. The minimum Gasteiger partial charge on any atom is -0.354 e. The minimum absolute atomic E-state index is 0.00123. The lowest BCUT2D eigenvalue weighted by atomic mass is 9.78. The van der Waals surface area contributed by atoms with Crippen LogP contribution in [0.1, 0.15) is 56.4 Å². The van der Waals surface area contributed by atoms with Gasteiger partial charge < -0.3 is 16.4 Å². The van der Waals surface area contributed by atoms with Gasteiger partial charge in [0.05, 0.1) is 0 Å². The van der Waals surface area contributed by atoms with Gasteiger partial charge in [0.25, 0.3) is 0 Å². The Morgan fingerprint density at radius 2 is 1.79 bits per heavy atom. The number of carbonyl (C=O) groups is 2. The summed E-state index contributed by atoms with van der Waals surface area (Å²) in [7, 11) is 0. The Morgan fingerprint density at radius 1 is 1.06 bits per heavy atom. The molecule has 34 heavy (non-hydrogen) atoms. The number of aromatic nitrogens is 1. The van der Waals surface area contributed by atoms with Crippen LogP contribution in [0.15, 0.2) is 42.7 Å². The minimum atomic E-state index is -0.372. The summed E-state index contributed by atoms with van der Waals surface area (Å²) in [5, 5.41) is 6.39. The van der Waals surface area contributed by atoms with Crippen LogP contribution in [0.5, 0.6) is 0 Å². The van der Waals surface area contributed by atoms with Gasteiger partial charge in [0.15, 0.2) is 0 Å². The molecule has 0 saturated heterocycles. The van der Waals surface area contributed by atoms with Crippen molar-refractivity contribution in [3.63, 3.8) is 0 Å². The molecule has 2 aromatic rings. The van der Waals surface area contributed by atoms with E-state index in [0.717, 1.165) is 56.2 Å². The van der Waals surface area contributed by atoms with Gasteiger partial charge in [-0.15, -0.1) is 0 Å². The number of hydrogen-bond acceptors (Lipinski definition) is 4. The molecule has 3 atom stereocenters. The number of rotatable bonds is 7. The van der Waals surface area contributed by atoms with Gasteiger partial charge in [0, 0.05) is 47.5 Å². The summed E-state index contributed by atoms with van der Waals surface area (Å²) in [6, 6.07) is 7.82. The van der Waals surface area contributed by atoms with Crippen molar-refractivity contribution in [1.29, 1.82) is 0 Å². The van der Waals surface area contributed by atoms with Gasteiger partial charge in [-0.05, 0) is 80.2 Å². The van der Waals surface area contributed by atoms with Crippen molar-refractivity contribution in [3.05, 3.63) is 59.1 Å². The van der Waals surface area contributed by atoms with E-state index in [2.05, 4.69) is 15.6 Å². The van der Waals surface area contributed by atoms with Crippen LogP contribution in [0.4, 0.5) is 10.1 Å². The molecule has 2 saturated carbocycles. The first-order chi connectivity index (χ1) is 16.4. The van der Waals surface area contributed by atoms with E-state index in [0.29, 0.717) is 11.6 Å². The van der Waals surface area contributed by atoms with Crippen LogP contribution >= 0.6 is 11.6 Å². The fraction of sp³-hybridized carbons (Fsp3) is 0.500. The largest absolute Gasteiger partial charge is 0.354 e. The highest BCUT2D eigenvalue weighted by atomic mass is 35.5. The Hall–Kier alpha value is -2.51. The second kappa shape index (κ2) is 11.3. The molecule has 0 aliphatic heterocycles. The average molecular weight is 487 g/mol. The van der Waals surface area contributed by atoms with Crippen molar-refractivity contribution in [2.45, 2.75) is 56.9 Å². The van der Waals surface area contributed by atoms with Gasteiger partial charge >= 0.3 is 0 Å². The zero-order valence-corrected chi connectivity index (χ0v) is 19.9. The van der Waals surface area contributed by atoms with E-state index in [1.54, 1.807) is 30.6 Å². The van der Waals surface area contributed by atoms with Gasteiger partial charge in [0.2, 0.25) is 11.8 Å². The van der Waals surface area contributed by atoms with Crippen molar-refractivity contribution in [2.75, 3.05) is 11.9 Å². The van der Waals surface area contributed by atoms with E-state index in [-0.39, 0.29) is 47.3 Å². The molecule has 0 radical (unpaired) electrons. The number of nitrogens with two attached hydrogens (primary N) is 1. The number of hydrogen-bond donors (Lipinski definition) is 3. The van der Waals surface area contributed by atoms with E-state index in [1.807, 2.05) is 0 Å². The zero-order chi connectivity index (χ0) is 24.1. The first kappa shape index (κ1) is 24.6. The maximum absolute atomic E-state index is 13.4. The van der Waals surface area contributed by atoms with Gasteiger partial charge in [0.1, 0.15) is 5.82 Å². The average Bonchev–Trinajstić information content (AvgIpc) is 3.33. The Labute approximate surface area is 204 Å². The highest BCUT2D eigenvalue weighted by Crippen LogP contribution is 2.42. The molecule has 1 heterocycles. The lowest BCUT2D eigenvalue weighted by Gasteiger charge is -2.32. The van der Waals surface area contributed by atoms with Gasteiger partial charge in [-0.1, -0.05) is 24.1 Å². The highest BCUT2D eigenvalue weighted by molar-refractivity contribution is 6.31. The number of anilines is 1. The van der Waals surface area contributed by atoms with Crippen molar-refractivity contribution >= 4 is 29.1 Å². The molecule has 4 rings (SSSR count). The molecule has 2 amide bonds. The van der Waals surface area contributed by atoms with Crippen LogP contribution < -0.4 is 16.4 Å². The highest BCUT2D eigenvalue weighted by Gasteiger charge is 2.36. The van der Waals surface area contributed by atoms with Gasteiger partial charge in [-0.3, -0.25) is 14.6 Å². The summed E-state index contributed by atoms with van der Waals surface area (Å²) in [6.45, 7) is 0.414. The number of nitrogens with one attached hydrogen (secondary N) is 2. The summed E-state index contributed by atoms with van der Waals surface area (Å²) in [6.07, 6.45) is 9.20. The van der Waals surface area contributed by atoms with E-state index < -0.39 is 0 Å². The number of benzene rings is 1. The monoisotopic (exact) mass is 486 g/mol. The van der Waals surface area contributed by atoms with Crippen molar-refractivity contribution < 1.29 is 14.0 Å². The van der Waals surface area contributed by atoms with Crippen LogP contribution in [0.2, 0.25) is 5.02 Å². The molecule has 182 valence electrons. The van der Waals surface area contributed by atoms with Gasteiger partial charge in [-0.2, -0.15) is 0 Å². The second-order valence-electron chi connectivity index (χ2n) is 9.56. The first-order valence-electron chi connectivity index (χ1n) is 12.1. The molecule has 1 aromatic heterocycles. The topological polar surface area (TPSA) is 97.1 Å². The Morgan fingerprint density at radius 3 is 2.50 bits per heavy atom. The fourth-order valence-corrected chi connectivity index (χ4v) is 5.76. The molecule has 0 bridgehead atoms. The predicted molar refractivity (Wildman–Crippen MR) is 131 cm³/mol. The molecule has 2 fully saturated rings. The summed E-state index contributed by atoms with van der Waals surface area (Å²) >= 11 is 6.26. The summed E-state index contributed by atoms with van der Waals surface area (Å²) < 4.78 is 13.4. The molecule has 1 aromatic carbocycles.